The standard InChI is InChI=1S/C23H32N4O3/c1-17-7-9-23(10-8-17)21(29)27(22(30)24-23)16-20(28)26-13-11-25(12-14-26)15-19-6-4-3-5-18(19)2/h3-6,17H,7-16H2,1-2H3,(H,24,30). The number of imide groups is 1. The van der Waals surface area contributed by atoms with Gasteiger partial charge in [-0.15, -0.1) is 0 Å². The minimum absolute atomic E-state index is 0.143. The van der Waals surface area contributed by atoms with Crippen LogP contribution in [0.15, 0.2) is 24.3 Å². The van der Waals surface area contributed by atoms with E-state index in [2.05, 4.69) is 42.3 Å². The molecule has 1 N–H and O–H groups in total. The fourth-order valence-corrected chi connectivity index (χ4v) is 4.83. The van der Waals surface area contributed by atoms with Crippen molar-refractivity contribution in [2.45, 2.75) is 51.6 Å². The van der Waals surface area contributed by atoms with Gasteiger partial charge in [0.25, 0.3) is 5.91 Å². The Morgan fingerprint density at radius 1 is 1.10 bits per heavy atom. The summed E-state index contributed by atoms with van der Waals surface area (Å²) in [6, 6.07) is 7.95. The lowest BCUT2D eigenvalue weighted by atomic mass is 9.77. The van der Waals surface area contributed by atoms with Crippen LogP contribution in [0.2, 0.25) is 0 Å². The molecule has 30 heavy (non-hydrogen) atoms. The number of carbonyl (C=O) groups excluding carboxylic acids is 3. The molecule has 3 aliphatic rings. The number of nitrogens with one attached hydrogen (secondary N) is 1. The molecule has 2 heterocycles. The molecule has 1 aromatic carbocycles. The molecule has 7 heteroatoms. The topological polar surface area (TPSA) is 73.0 Å². The van der Waals surface area contributed by atoms with Crippen molar-refractivity contribution < 1.29 is 14.4 Å². The number of hydrogen-bond acceptors (Lipinski definition) is 4. The summed E-state index contributed by atoms with van der Waals surface area (Å²) < 4.78 is 0. The van der Waals surface area contributed by atoms with E-state index in [4.69, 9.17) is 0 Å². The molecule has 1 spiro atoms. The number of hydrogen-bond donors (Lipinski definition) is 1. The van der Waals surface area contributed by atoms with Crippen molar-refractivity contribution in [1.29, 1.82) is 0 Å². The van der Waals surface area contributed by atoms with Gasteiger partial charge < -0.3 is 10.2 Å². The van der Waals surface area contributed by atoms with Crippen LogP contribution in [-0.4, -0.2) is 70.8 Å². The first-order chi connectivity index (χ1) is 14.4. The number of rotatable bonds is 4. The van der Waals surface area contributed by atoms with Gasteiger partial charge in [-0.1, -0.05) is 31.2 Å². The normalized spacial score (nSPS) is 27.6. The summed E-state index contributed by atoms with van der Waals surface area (Å²) in [5.74, 6) is 0.216. The van der Waals surface area contributed by atoms with E-state index in [0.717, 1.165) is 37.4 Å². The highest BCUT2D eigenvalue weighted by Gasteiger charge is 2.52. The van der Waals surface area contributed by atoms with Crippen molar-refractivity contribution in [3.05, 3.63) is 35.4 Å². The molecule has 4 amide bonds. The maximum atomic E-state index is 13.0. The summed E-state index contributed by atoms with van der Waals surface area (Å²) in [4.78, 5) is 43.5. The second-order valence-corrected chi connectivity index (χ2v) is 9.17. The summed E-state index contributed by atoms with van der Waals surface area (Å²) in [5, 5.41) is 2.90. The number of aryl methyl sites for hydroxylation is 1. The first kappa shape index (κ1) is 20.8. The maximum absolute atomic E-state index is 13.0. The van der Waals surface area contributed by atoms with E-state index in [1.165, 1.54) is 11.1 Å². The number of nitrogens with zero attached hydrogens (tertiary/aromatic N) is 3. The van der Waals surface area contributed by atoms with E-state index in [9.17, 15) is 14.4 Å². The summed E-state index contributed by atoms with van der Waals surface area (Å²) in [6.45, 7) is 7.85. The number of carbonyl (C=O) groups is 3. The van der Waals surface area contributed by atoms with Crippen LogP contribution in [0.25, 0.3) is 0 Å². The zero-order chi connectivity index (χ0) is 21.3. The molecular weight excluding hydrogens is 380 g/mol. The number of urea groups is 1. The van der Waals surface area contributed by atoms with E-state index in [1.807, 2.05) is 6.07 Å². The van der Waals surface area contributed by atoms with Gasteiger partial charge in [0.15, 0.2) is 0 Å². The Morgan fingerprint density at radius 2 is 1.77 bits per heavy atom. The lowest BCUT2D eigenvalue weighted by molar-refractivity contribution is -0.140. The van der Waals surface area contributed by atoms with Crippen LogP contribution in [-0.2, 0) is 16.1 Å². The third-order valence-corrected chi connectivity index (χ3v) is 7.05. The van der Waals surface area contributed by atoms with Crippen LogP contribution in [0.3, 0.4) is 0 Å². The fraction of sp³-hybridized carbons (Fsp3) is 0.609. The van der Waals surface area contributed by atoms with Crippen molar-refractivity contribution in [3.8, 4) is 0 Å². The van der Waals surface area contributed by atoms with Gasteiger partial charge in [0.2, 0.25) is 5.91 Å². The largest absolute Gasteiger partial charge is 0.339 e. The Kier molecular flexibility index (Phi) is 5.82. The first-order valence-corrected chi connectivity index (χ1v) is 11.1. The molecule has 1 aromatic rings. The van der Waals surface area contributed by atoms with Crippen LogP contribution >= 0.6 is 0 Å². The first-order valence-electron chi connectivity index (χ1n) is 11.1. The van der Waals surface area contributed by atoms with Gasteiger partial charge in [-0.3, -0.25) is 19.4 Å². The van der Waals surface area contributed by atoms with Crippen LogP contribution < -0.4 is 5.32 Å². The minimum Gasteiger partial charge on any atom is -0.339 e. The van der Waals surface area contributed by atoms with Gasteiger partial charge in [0, 0.05) is 32.7 Å². The van der Waals surface area contributed by atoms with Crippen molar-refractivity contribution in [2.75, 3.05) is 32.7 Å². The zero-order valence-electron chi connectivity index (χ0n) is 18.0. The number of piperazine rings is 1. The molecule has 1 aliphatic carbocycles. The lowest BCUT2D eigenvalue weighted by Gasteiger charge is -2.36. The third kappa shape index (κ3) is 4.08. The quantitative estimate of drug-likeness (QED) is 0.769. The van der Waals surface area contributed by atoms with Crippen LogP contribution in [0.5, 0.6) is 0 Å². The van der Waals surface area contributed by atoms with Crippen LogP contribution in [0.1, 0.15) is 43.7 Å². The smallest absolute Gasteiger partial charge is 0.325 e. The van der Waals surface area contributed by atoms with E-state index in [0.29, 0.717) is 31.8 Å². The highest BCUT2D eigenvalue weighted by atomic mass is 16.2. The number of amides is 4. The van der Waals surface area contributed by atoms with Crippen molar-refractivity contribution in [1.82, 2.24) is 20.0 Å². The van der Waals surface area contributed by atoms with Gasteiger partial charge in [0.05, 0.1) is 0 Å². The van der Waals surface area contributed by atoms with E-state index in [1.54, 1.807) is 4.90 Å². The summed E-state index contributed by atoms with van der Waals surface area (Å²) in [7, 11) is 0. The molecule has 0 radical (unpaired) electrons. The molecule has 2 aliphatic heterocycles. The average Bonchev–Trinajstić information content (AvgIpc) is 2.96. The fourth-order valence-electron chi connectivity index (χ4n) is 4.83. The Hall–Kier alpha value is -2.41. The number of benzene rings is 1. The second kappa shape index (κ2) is 8.38. The van der Waals surface area contributed by atoms with Gasteiger partial charge >= 0.3 is 6.03 Å². The molecule has 162 valence electrons. The molecule has 3 fully saturated rings. The summed E-state index contributed by atoms with van der Waals surface area (Å²) in [6.07, 6.45) is 3.19. The van der Waals surface area contributed by atoms with Crippen molar-refractivity contribution >= 4 is 17.8 Å². The van der Waals surface area contributed by atoms with Gasteiger partial charge in [-0.2, -0.15) is 0 Å². The van der Waals surface area contributed by atoms with Gasteiger partial charge in [-0.05, 0) is 49.7 Å². The maximum Gasteiger partial charge on any atom is 0.325 e. The average molecular weight is 413 g/mol. The Labute approximate surface area is 178 Å². The predicted molar refractivity (Wildman–Crippen MR) is 114 cm³/mol. The Bertz CT molecular complexity index is 823. The molecule has 0 unspecified atom stereocenters. The van der Waals surface area contributed by atoms with Crippen molar-refractivity contribution in [3.63, 3.8) is 0 Å². The Balaban J connectivity index is 1.30. The molecule has 0 atom stereocenters. The molecule has 7 nitrogen and oxygen atoms in total. The highest BCUT2D eigenvalue weighted by Crippen LogP contribution is 2.36. The molecular formula is C23H32N4O3. The third-order valence-electron chi connectivity index (χ3n) is 7.05. The molecule has 0 aromatic heterocycles. The van der Waals surface area contributed by atoms with E-state index >= 15 is 0 Å². The summed E-state index contributed by atoms with van der Waals surface area (Å²) in [5.41, 5.74) is 1.81. The van der Waals surface area contributed by atoms with E-state index in [-0.39, 0.29) is 18.4 Å². The monoisotopic (exact) mass is 412 g/mol. The van der Waals surface area contributed by atoms with Gasteiger partial charge in [0.1, 0.15) is 12.1 Å². The van der Waals surface area contributed by atoms with Crippen LogP contribution in [0.4, 0.5) is 4.79 Å². The Morgan fingerprint density at radius 3 is 2.43 bits per heavy atom. The second-order valence-electron chi connectivity index (χ2n) is 9.17. The van der Waals surface area contributed by atoms with Crippen molar-refractivity contribution in [2.24, 2.45) is 5.92 Å². The highest BCUT2D eigenvalue weighted by molar-refractivity contribution is 6.09. The van der Waals surface area contributed by atoms with Gasteiger partial charge in [-0.25, -0.2) is 4.79 Å². The van der Waals surface area contributed by atoms with Crippen LogP contribution in [0, 0.1) is 12.8 Å². The molecule has 2 saturated heterocycles. The molecule has 0 bridgehead atoms. The van der Waals surface area contributed by atoms with E-state index < -0.39 is 11.6 Å². The predicted octanol–water partition coefficient (Wildman–Crippen LogP) is 2.14. The lowest BCUT2D eigenvalue weighted by Crippen LogP contribution is -2.52. The molecule has 4 rings (SSSR count). The zero-order valence-corrected chi connectivity index (χ0v) is 18.0. The minimum atomic E-state index is -0.782. The summed E-state index contributed by atoms with van der Waals surface area (Å²) >= 11 is 0. The molecule has 1 saturated carbocycles. The SMILES string of the molecule is Cc1ccccc1CN1CCN(C(=O)CN2C(=O)NC3(CCC(C)CC3)C2=O)CC1.